The van der Waals surface area contributed by atoms with Gasteiger partial charge in [0.2, 0.25) is 5.91 Å². The number of rotatable bonds is 4. The number of imidazole rings is 1. The molecule has 4 nitrogen and oxygen atoms in total. The summed E-state index contributed by atoms with van der Waals surface area (Å²) in [6, 6.07) is 16.7. The number of hydrogen-bond donors (Lipinski definition) is 1. The first-order chi connectivity index (χ1) is 13.4. The van der Waals surface area contributed by atoms with E-state index in [1.54, 1.807) is 11.8 Å². The molecule has 3 aromatic rings. The maximum absolute atomic E-state index is 12.9. The molecular formula is C23H27N3OS. The fraction of sp³-hybridized carbons (Fsp3) is 0.391. The lowest BCUT2D eigenvalue weighted by Gasteiger charge is -2.23. The Morgan fingerprint density at radius 3 is 2.64 bits per heavy atom. The second-order valence-corrected chi connectivity index (χ2v) is 9.50. The van der Waals surface area contributed by atoms with E-state index in [1.165, 1.54) is 5.56 Å². The molecule has 0 radical (unpaired) electrons. The fourth-order valence-electron chi connectivity index (χ4n) is 3.76. The smallest absolute Gasteiger partial charge is 0.233 e. The summed E-state index contributed by atoms with van der Waals surface area (Å²) in [5, 5.41) is 0. The van der Waals surface area contributed by atoms with Gasteiger partial charge in [-0.15, -0.1) is 11.8 Å². The zero-order valence-corrected chi connectivity index (χ0v) is 17.6. The number of H-pyrrole nitrogens is 1. The lowest BCUT2D eigenvalue weighted by atomic mass is 9.87. The third-order valence-electron chi connectivity index (χ3n) is 5.38. The molecular weight excluding hydrogens is 366 g/mol. The highest BCUT2D eigenvalue weighted by atomic mass is 32.2. The number of hydrogen-bond acceptors (Lipinski definition) is 3. The van der Waals surface area contributed by atoms with Crippen LogP contribution in [0.2, 0.25) is 0 Å². The van der Waals surface area contributed by atoms with Crippen LogP contribution < -0.4 is 0 Å². The minimum Gasteiger partial charge on any atom is -0.340 e. The topological polar surface area (TPSA) is 49.0 Å². The molecule has 4 rings (SSSR count). The Balaban J connectivity index is 1.42. The SMILES string of the molecule is CC(C)(C)c1ccc(SCC(=O)N2CCCC2c2nc3ccccc3[nH]2)cc1. The zero-order valence-electron chi connectivity index (χ0n) is 16.7. The third-order valence-corrected chi connectivity index (χ3v) is 6.38. The molecule has 1 unspecified atom stereocenters. The van der Waals surface area contributed by atoms with Gasteiger partial charge in [-0.1, -0.05) is 45.0 Å². The number of carbonyl (C=O) groups is 1. The van der Waals surface area contributed by atoms with Gasteiger partial charge in [-0.05, 0) is 48.1 Å². The van der Waals surface area contributed by atoms with Gasteiger partial charge in [0, 0.05) is 11.4 Å². The number of aromatic amines is 1. The van der Waals surface area contributed by atoms with Crippen molar-refractivity contribution in [3.8, 4) is 0 Å². The molecule has 1 fully saturated rings. The molecule has 0 saturated carbocycles. The Bertz CT molecular complexity index is 938. The van der Waals surface area contributed by atoms with Crippen LogP contribution in [-0.4, -0.2) is 33.1 Å². The number of amides is 1. The number of nitrogens with zero attached hydrogens (tertiary/aromatic N) is 2. The van der Waals surface area contributed by atoms with Gasteiger partial charge >= 0.3 is 0 Å². The molecule has 0 spiro atoms. The largest absolute Gasteiger partial charge is 0.340 e. The number of thioether (sulfide) groups is 1. The van der Waals surface area contributed by atoms with Crippen molar-refractivity contribution in [1.82, 2.24) is 14.9 Å². The summed E-state index contributed by atoms with van der Waals surface area (Å²) in [7, 11) is 0. The van der Waals surface area contributed by atoms with Crippen LogP contribution in [0.4, 0.5) is 0 Å². The van der Waals surface area contributed by atoms with Gasteiger partial charge in [0.1, 0.15) is 5.82 Å². The van der Waals surface area contributed by atoms with E-state index in [1.807, 2.05) is 29.2 Å². The Kier molecular flexibility index (Phi) is 5.19. The average molecular weight is 394 g/mol. The lowest BCUT2D eigenvalue weighted by Crippen LogP contribution is -2.32. The molecule has 1 aliphatic heterocycles. The highest BCUT2D eigenvalue weighted by Gasteiger charge is 2.31. The first-order valence-electron chi connectivity index (χ1n) is 9.89. The molecule has 1 atom stereocenters. The summed E-state index contributed by atoms with van der Waals surface area (Å²) < 4.78 is 0. The van der Waals surface area contributed by atoms with Crippen molar-refractivity contribution in [1.29, 1.82) is 0 Å². The molecule has 1 aliphatic rings. The number of likely N-dealkylation sites (tertiary alicyclic amines) is 1. The minimum absolute atomic E-state index is 0.0590. The Hall–Kier alpha value is -2.27. The van der Waals surface area contributed by atoms with Gasteiger partial charge in [-0.25, -0.2) is 4.98 Å². The number of aromatic nitrogens is 2. The first-order valence-corrected chi connectivity index (χ1v) is 10.9. The molecule has 28 heavy (non-hydrogen) atoms. The van der Waals surface area contributed by atoms with E-state index < -0.39 is 0 Å². The molecule has 1 saturated heterocycles. The van der Waals surface area contributed by atoms with Crippen molar-refractivity contribution in [3.63, 3.8) is 0 Å². The van der Waals surface area contributed by atoms with E-state index in [0.29, 0.717) is 5.75 Å². The van der Waals surface area contributed by atoms with Crippen LogP contribution in [-0.2, 0) is 10.2 Å². The summed E-state index contributed by atoms with van der Waals surface area (Å²) >= 11 is 1.62. The third kappa shape index (κ3) is 3.95. The average Bonchev–Trinajstić information content (AvgIpc) is 3.32. The highest BCUT2D eigenvalue weighted by Crippen LogP contribution is 2.33. The van der Waals surface area contributed by atoms with Crippen molar-refractivity contribution in [2.45, 2.75) is 50.0 Å². The van der Waals surface area contributed by atoms with Crippen LogP contribution in [0.25, 0.3) is 11.0 Å². The maximum Gasteiger partial charge on any atom is 0.233 e. The maximum atomic E-state index is 12.9. The van der Waals surface area contributed by atoms with Crippen molar-refractivity contribution in [3.05, 3.63) is 59.9 Å². The molecule has 2 aromatic carbocycles. The predicted molar refractivity (Wildman–Crippen MR) is 116 cm³/mol. The van der Waals surface area contributed by atoms with E-state index in [4.69, 9.17) is 4.98 Å². The van der Waals surface area contributed by atoms with E-state index >= 15 is 0 Å². The molecule has 0 aliphatic carbocycles. The van der Waals surface area contributed by atoms with Crippen LogP contribution in [0.15, 0.2) is 53.4 Å². The van der Waals surface area contributed by atoms with E-state index in [2.05, 4.69) is 50.0 Å². The molecule has 1 aromatic heterocycles. The van der Waals surface area contributed by atoms with Crippen LogP contribution in [0.3, 0.4) is 0 Å². The van der Waals surface area contributed by atoms with Gasteiger partial charge < -0.3 is 9.88 Å². The van der Waals surface area contributed by atoms with Gasteiger partial charge in [0.05, 0.1) is 22.8 Å². The standard InChI is InChI=1S/C23H27N3OS/c1-23(2,3)16-10-12-17(13-11-16)28-15-21(27)26-14-6-9-20(26)22-24-18-7-4-5-8-19(18)25-22/h4-5,7-8,10-13,20H,6,9,14-15H2,1-3H3,(H,24,25). The van der Waals surface area contributed by atoms with Gasteiger partial charge in [0.25, 0.3) is 0 Å². The quantitative estimate of drug-likeness (QED) is 0.611. The molecule has 1 N–H and O–H groups in total. The molecule has 2 heterocycles. The van der Waals surface area contributed by atoms with E-state index in [-0.39, 0.29) is 17.4 Å². The molecule has 1 amide bonds. The van der Waals surface area contributed by atoms with Crippen LogP contribution >= 0.6 is 11.8 Å². The normalized spacial score (nSPS) is 17.4. The minimum atomic E-state index is 0.0590. The summed E-state index contributed by atoms with van der Waals surface area (Å²) in [5.41, 5.74) is 3.46. The number of benzene rings is 2. The second kappa shape index (κ2) is 7.63. The summed E-state index contributed by atoms with van der Waals surface area (Å²) in [6.07, 6.45) is 1.99. The van der Waals surface area contributed by atoms with Crippen LogP contribution in [0.1, 0.15) is 51.0 Å². The summed E-state index contributed by atoms with van der Waals surface area (Å²) in [5.74, 6) is 1.56. The molecule has 0 bridgehead atoms. The second-order valence-electron chi connectivity index (χ2n) is 8.45. The Morgan fingerprint density at radius 1 is 1.18 bits per heavy atom. The summed E-state index contributed by atoms with van der Waals surface area (Å²) in [4.78, 5) is 24.2. The van der Waals surface area contributed by atoms with Crippen molar-refractivity contribution >= 4 is 28.7 Å². The highest BCUT2D eigenvalue weighted by molar-refractivity contribution is 8.00. The van der Waals surface area contributed by atoms with Crippen molar-refractivity contribution in [2.24, 2.45) is 0 Å². The Morgan fingerprint density at radius 2 is 1.93 bits per heavy atom. The lowest BCUT2D eigenvalue weighted by molar-refractivity contribution is -0.129. The molecule has 5 heteroatoms. The van der Waals surface area contributed by atoms with Gasteiger partial charge in [-0.2, -0.15) is 0 Å². The zero-order chi connectivity index (χ0) is 19.7. The number of carbonyl (C=O) groups excluding carboxylic acids is 1. The first kappa shape index (κ1) is 19.1. The van der Waals surface area contributed by atoms with Gasteiger partial charge in [0.15, 0.2) is 0 Å². The summed E-state index contributed by atoms with van der Waals surface area (Å²) in [6.45, 7) is 7.45. The molecule has 146 valence electrons. The number of fused-ring (bicyclic) bond motifs is 1. The monoisotopic (exact) mass is 393 g/mol. The van der Waals surface area contributed by atoms with Crippen molar-refractivity contribution < 1.29 is 4.79 Å². The fourth-order valence-corrected chi connectivity index (χ4v) is 4.54. The van der Waals surface area contributed by atoms with Crippen LogP contribution in [0, 0.1) is 0 Å². The number of nitrogens with one attached hydrogen (secondary N) is 1. The van der Waals surface area contributed by atoms with Crippen LogP contribution in [0.5, 0.6) is 0 Å². The predicted octanol–water partition coefficient (Wildman–Crippen LogP) is 5.32. The van der Waals surface area contributed by atoms with E-state index in [9.17, 15) is 4.79 Å². The van der Waals surface area contributed by atoms with E-state index in [0.717, 1.165) is 41.1 Å². The van der Waals surface area contributed by atoms with Gasteiger partial charge in [-0.3, -0.25) is 4.79 Å². The Labute approximate surface area is 170 Å². The number of para-hydroxylation sites is 2. The van der Waals surface area contributed by atoms with Crippen molar-refractivity contribution in [2.75, 3.05) is 12.3 Å².